The van der Waals surface area contributed by atoms with Crippen molar-refractivity contribution in [3.05, 3.63) is 35.9 Å². The number of benzene rings is 1. The van der Waals surface area contributed by atoms with Crippen molar-refractivity contribution in [2.24, 2.45) is 21.6 Å². The lowest BCUT2D eigenvalue weighted by atomic mass is 9.40. The normalized spacial score (nSPS) is 33.8. The molecule has 6 aliphatic rings. The molecule has 1 aromatic carbocycles. The molecular weight excluding hydrogens is 452 g/mol. The lowest BCUT2D eigenvalue weighted by molar-refractivity contribution is -0.561. The quantitative estimate of drug-likeness (QED) is 0.363. The Morgan fingerprint density at radius 1 is 1.06 bits per heavy atom. The van der Waals surface area contributed by atoms with E-state index in [0.717, 1.165) is 38.5 Å². The number of nitrogens with one attached hydrogen (secondary N) is 1. The van der Waals surface area contributed by atoms with Crippen LogP contribution in [0.15, 0.2) is 35.3 Å². The number of isothiocyanates is 1. The number of nitrogens with two attached hydrogens (primary N) is 1. The number of nitrogens with zero attached hydrogens (tertiary/aromatic N) is 3. The summed E-state index contributed by atoms with van der Waals surface area (Å²) < 4.78 is 0. The summed E-state index contributed by atoms with van der Waals surface area (Å²) in [6, 6.07) is 13.4. The van der Waals surface area contributed by atoms with E-state index in [-0.39, 0.29) is 34.7 Å². The Morgan fingerprint density at radius 2 is 1.55 bits per heavy atom. The third-order valence-corrected chi connectivity index (χ3v) is 6.39. The molecule has 162 valence electrons. The van der Waals surface area contributed by atoms with Crippen molar-refractivity contribution in [1.29, 1.82) is 10.5 Å². The number of carbonyl (C=O) groups excluding carboxylic acids is 1. The molecule has 0 atom stereocenters. The fourth-order valence-electron chi connectivity index (χ4n) is 5.10. The van der Waals surface area contributed by atoms with Gasteiger partial charge < -0.3 is 29.2 Å². The maximum absolute atomic E-state index is 10.9. The van der Waals surface area contributed by atoms with Gasteiger partial charge in [0.15, 0.2) is 5.11 Å². The maximum Gasteiger partial charge on any atom is 0.285 e. The summed E-state index contributed by atoms with van der Waals surface area (Å²) in [5, 5.41) is 22.6. The van der Waals surface area contributed by atoms with Gasteiger partial charge in [0, 0.05) is 30.4 Å². The zero-order valence-electron chi connectivity index (χ0n) is 16.9. The summed E-state index contributed by atoms with van der Waals surface area (Å²) in [6.07, 6.45) is 5.97. The van der Waals surface area contributed by atoms with Crippen molar-refractivity contribution in [1.82, 2.24) is 5.32 Å². The van der Waals surface area contributed by atoms with E-state index in [2.05, 4.69) is 40.4 Å². The Balaban J connectivity index is 0.000000164. The van der Waals surface area contributed by atoms with Crippen molar-refractivity contribution >= 4 is 40.6 Å². The highest BCUT2D eigenvalue weighted by Gasteiger charge is 2.70. The number of thiocarbonyl (C=S) groups is 2. The number of quaternary nitrogens is 1. The van der Waals surface area contributed by atoms with Crippen LogP contribution in [0.4, 0.5) is 0 Å². The molecule has 1 amide bonds. The molecule has 4 bridgehead atoms. The van der Waals surface area contributed by atoms with Crippen LogP contribution in [0.3, 0.4) is 0 Å². The Kier molecular flexibility index (Phi) is 7.22. The lowest BCUT2D eigenvalue weighted by Crippen LogP contribution is -3.00. The SMILES string of the molecule is N#CC12CC(NC(N)=S)(C1)C2.N#CC12CC([NH3+])(C1)C2.O=C(N=C=S)c1ccccc1.[Cl-]. The first-order chi connectivity index (χ1) is 14.1. The highest BCUT2D eigenvalue weighted by atomic mass is 35.5. The van der Waals surface area contributed by atoms with E-state index in [4.69, 9.17) is 28.5 Å². The van der Waals surface area contributed by atoms with Crippen LogP contribution in [0, 0.1) is 33.5 Å². The second kappa shape index (κ2) is 9.00. The zero-order valence-corrected chi connectivity index (χ0v) is 19.2. The fourth-order valence-corrected chi connectivity index (χ4v) is 5.40. The number of hydrogen-bond acceptors (Lipinski definition) is 5. The minimum atomic E-state index is -0.347. The van der Waals surface area contributed by atoms with Crippen molar-refractivity contribution in [3.63, 3.8) is 0 Å². The van der Waals surface area contributed by atoms with Crippen LogP contribution in [0.5, 0.6) is 0 Å². The van der Waals surface area contributed by atoms with Crippen molar-refractivity contribution in [2.75, 3.05) is 0 Å². The van der Waals surface area contributed by atoms with Crippen molar-refractivity contribution in [3.8, 4) is 12.1 Å². The first-order valence-electron chi connectivity index (χ1n) is 9.55. The molecule has 6 aliphatic carbocycles. The van der Waals surface area contributed by atoms with E-state index in [1.807, 2.05) is 11.2 Å². The van der Waals surface area contributed by atoms with E-state index < -0.39 is 0 Å². The molecule has 0 aliphatic heterocycles. The largest absolute Gasteiger partial charge is 1.00 e. The predicted molar refractivity (Wildman–Crippen MR) is 118 cm³/mol. The lowest BCUT2D eigenvalue weighted by Gasteiger charge is -2.67. The molecule has 0 spiro atoms. The van der Waals surface area contributed by atoms with Gasteiger partial charge in [0.25, 0.3) is 5.91 Å². The summed E-state index contributed by atoms with van der Waals surface area (Å²) >= 11 is 9.02. The molecule has 7 rings (SSSR count). The summed E-state index contributed by atoms with van der Waals surface area (Å²) in [7, 11) is 0. The van der Waals surface area contributed by atoms with Gasteiger partial charge in [-0.1, -0.05) is 18.2 Å². The van der Waals surface area contributed by atoms with E-state index in [0.29, 0.717) is 16.2 Å². The highest BCUT2D eigenvalue weighted by Crippen LogP contribution is 2.66. The van der Waals surface area contributed by atoms with Crippen molar-refractivity contribution in [2.45, 2.75) is 49.6 Å². The van der Waals surface area contributed by atoms with E-state index in [1.54, 1.807) is 24.3 Å². The van der Waals surface area contributed by atoms with Gasteiger partial charge in [0.1, 0.15) is 0 Å². The molecule has 0 saturated heterocycles. The first-order valence-corrected chi connectivity index (χ1v) is 10.4. The molecule has 6 N–H and O–H groups in total. The van der Waals surface area contributed by atoms with E-state index >= 15 is 0 Å². The molecule has 0 aromatic heterocycles. The molecule has 1 aromatic rings. The van der Waals surface area contributed by atoms with E-state index in [9.17, 15) is 4.79 Å². The predicted octanol–water partition coefficient (Wildman–Crippen LogP) is -1.13. The minimum Gasteiger partial charge on any atom is -1.00 e. The smallest absolute Gasteiger partial charge is 0.285 e. The van der Waals surface area contributed by atoms with Crippen LogP contribution < -0.4 is 29.2 Å². The number of halogens is 1. The van der Waals surface area contributed by atoms with Gasteiger partial charge >= 0.3 is 0 Å². The fraction of sp³-hybridized carbons (Fsp3) is 0.476. The minimum absolute atomic E-state index is 0. The van der Waals surface area contributed by atoms with Crippen LogP contribution in [-0.4, -0.2) is 27.3 Å². The maximum atomic E-state index is 10.9. The molecule has 10 heteroatoms. The monoisotopic (exact) mass is 474 g/mol. The number of rotatable bonds is 2. The van der Waals surface area contributed by atoms with Gasteiger partial charge in [-0.15, -0.1) is 0 Å². The number of hydrogen-bond donors (Lipinski definition) is 3. The average Bonchev–Trinajstić information content (AvgIpc) is 2.62. The van der Waals surface area contributed by atoms with Gasteiger partial charge in [-0.3, -0.25) is 4.79 Å². The number of amides is 1. The molecule has 0 heterocycles. The van der Waals surface area contributed by atoms with Crippen LogP contribution >= 0.6 is 24.4 Å². The van der Waals surface area contributed by atoms with Gasteiger partial charge in [-0.05, 0) is 55.8 Å². The van der Waals surface area contributed by atoms with E-state index in [1.165, 1.54) is 0 Å². The summed E-state index contributed by atoms with van der Waals surface area (Å²) in [6.45, 7) is 0. The molecule has 6 saturated carbocycles. The van der Waals surface area contributed by atoms with Crippen molar-refractivity contribution < 1.29 is 22.9 Å². The number of carbonyl (C=O) groups is 1. The van der Waals surface area contributed by atoms with Crippen LogP contribution in [-0.2, 0) is 0 Å². The molecule has 0 radical (unpaired) electrons. The molecule has 31 heavy (non-hydrogen) atoms. The number of aliphatic imine (C=N–C) groups is 1. The third kappa shape index (κ3) is 5.10. The molecule has 7 nitrogen and oxygen atoms in total. The zero-order chi connectivity index (χ0) is 22.0. The van der Waals surface area contributed by atoms with Crippen LogP contribution in [0.25, 0.3) is 0 Å². The number of nitriles is 2. The molecule has 6 fully saturated rings. The average molecular weight is 475 g/mol. The summed E-state index contributed by atoms with van der Waals surface area (Å²) in [5.74, 6) is -0.347. The Bertz CT molecular complexity index is 969. The van der Waals surface area contributed by atoms with Gasteiger partial charge in [-0.2, -0.15) is 15.5 Å². The van der Waals surface area contributed by atoms with Crippen LogP contribution in [0.2, 0.25) is 0 Å². The standard InChI is InChI=1S/C8H5NOS.C7H9N3S.C6H8N2.ClH/c10-8(9-6-11)7-4-2-1-3-5-7;8-4-6-1-7(2-6,3-6)10-5(9)11;7-4-5-1-6(8,2-5)3-5;/h1-5H;1-3H2,(H3,9,10,11);1-3,8H2;1H. The topological polar surface area (TPSA) is 143 Å². The summed E-state index contributed by atoms with van der Waals surface area (Å²) in [5.41, 5.74) is 10.4. The highest BCUT2D eigenvalue weighted by molar-refractivity contribution is 7.80. The first kappa shape index (κ1) is 24.9. The second-order valence-electron chi connectivity index (χ2n) is 8.99. The Hall–Kier alpha value is -2.39. The Morgan fingerprint density at radius 3 is 1.90 bits per heavy atom. The van der Waals surface area contributed by atoms with Gasteiger partial charge in [0.05, 0.1) is 33.7 Å². The Labute approximate surface area is 198 Å². The second-order valence-corrected chi connectivity index (χ2v) is 9.61. The summed E-state index contributed by atoms with van der Waals surface area (Å²) in [4.78, 5) is 14.3. The third-order valence-electron chi connectivity index (χ3n) is 6.20. The van der Waals surface area contributed by atoms with Gasteiger partial charge in [-0.25, -0.2) is 0 Å². The van der Waals surface area contributed by atoms with Crippen LogP contribution in [0.1, 0.15) is 48.9 Å². The van der Waals surface area contributed by atoms with Gasteiger partial charge in [0.2, 0.25) is 0 Å². The molecular formula is C21H23ClN6OS2. The molecule has 0 unspecified atom stereocenters.